The summed E-state index contributed by atoms with van der Waals surface area (Å²) in [5.74, 6) is -0.335. The Morgan fingerprint density at radius 2 is 2.08 bits per heavy atom. The number of benzene rings is 1. The molecule has 0 saturated carbocycles. The number of rotatable bonds is 4. The SMILES string of the molecule is COc1ccc2c(cnn2[C@@H]2O[C@H](COC(C)=O)[C@H]3OC(C)(C)O[C@H]32)c1. The number of methoxy groups -OCH3 is 1. The average molecular weight is 362 g/mol. The van der Waals surface area contributed by atoms with E-state index in [9.17, 15) is 4.79 Å². The molecule has 0 bridgehead atoms. The number of aromatic nitrogens is 2. The molecule has 2 aromatic rings. The lowest BCUT2D eigenvalue weighted by Gasteiger charge is -2.24. The Hall–Kier alpha value is -2.16. The van der Waals surface area contributed by atoms with Crippen LogP contribution < -0.4 is 4.74 Å². The van der Waals surface area contributed by atoms with Gasteiger partial charge in [-0.1, -0.05) is 0 Å². The second kappa shape index (κ2) is 6.22. The van der Waals surface area contributed by atoms with Gasteiger partial charge < -0.3 is 23.7 Å². The standard InChI is InChI=1S/C18H22N2O6/c1-10(21)23-9-14-15-16(26-18(2,3)25-15)17(24-14)20-13-6-5-12(22-4)7-11(13)8-19-20/h5-8,14-17H,9H2,1-4H3/t14-,15-,16-,17-/m1/s1. The van der Waals surface area contributed by atoms with Gasteiger partial charge in [0.2, 0.25) is 0 Å². The van der Waals surface area contributed by atoms with Crippen molar-refractivity contribution in [3.63, 3.8) is 0 Å². The van der Waals surface area contributed by atoms with E-state index in [1.165, 1.54) is 6.92 Å². The molecule has 2 aliphatic heterocycles. The monoisotopic (exact) mass is 362 g/mol. The topological polar surface area (TPSA) is 81.0 Å². The van der Waals surface area contributed by atoms with Gasteiger partial charge in [-0.05, 0) is 32.0 Å². The molecule has 1 aromatic heterocycles. The van der Waals surface area contributed by atoms with Crippen LogP contribution in [0.4, 0.5) is 0 Å². The third-order valence-electron chi connectivity index (χ3n) is 4.62. The van der Waals surface area contributed by atoms with Crippen LogP contribution in [-0.4, -0.2) is 53.6 Å². The van der Waals surface area contributed by atoms with E-state index in [4.69, 9.17) is 23.7 Å². The average Bonchev–Trinajstić information content (AvgIpc) is 3.23. The number of carbonyl (C=O) groups is 1. The smallest absolute Gasteiger partial charge is 0.302 e. The number of hydrogen-bond donors (Lipinski definition) is 0. The number of nitrogens with zero attached hydrogens (tertiary/aromatic N) is 2. The van der Waals surface area contributed by atoms with E-state index >= 15 is 0 Å². The molecule has 8 nitrogen and oxygen atoms in total. The molecule has 1 aromatic carbocycles. The molecule has 3 heterocycles. The fraction of sp³-hybridized carbons (Fsp3) is 0.556. The van der Waals surface area contributed by atoms with Gasteiger partial charge in [-0.15, -0.1) is 0 Å². The van der Waals surface area contributed by atoms with Crippen molar-refractivity contribution in [1.29, 1.82) is 0 Å². The maximum absolute atomic E-state index is 11.2. The molecule has 2 aliphatic rings. The third kappa shape index (κ3) is 2.94. The van der Waals surface area contributed by atoms with Crippen molar-refractivity contribution in [2.24, 2.45) is 0 Å². The van der Waals surface area contributed by atoms with Gasteiger partial charge in [0.25, 0.3) is 0 Å². The van der Waals surface area contributed by atoms with Gasteiger partial charge in [-0.2, -0.15) is 5.10 Å². The van der Waals surface area contributed by atoms with Gasteiger partial charge in [-0.25, -0.2) is 4.68 Å². The van der Waals surface area contributed by atoms with Gasteiger partial charge in [0.15, 0.2) is 12.0 Å². The Morgan fingerprint density at radius 1 is 1.31 bits per heavy atom. The molecule has 8 heteroatoms. The summed E-state index contributed by atoms with van der Waals surface area (Å²) in [6, 6.07) is 5.72. The van der Waals surface area contributed by atoms with Crippen LogP contribution in [-0.2, 0) is 23.7 Å². The summed E-state index contributed by atoms with van der Waals surface area (Å²) in [6.45, 7) is 5.20. The summed E-state index contributed by atoms with van der Waals surface area (Å²) in [5, 5.41) is 5.42. The maximum atomic E-state index is 11.2. The Morgan fingerprint density at radius 3 is 2.81 bits per heavy atom. The Bertz CT molecular complexity index is 832. The van der Waals surface area contributed by atoms with Crippen molar-refractivity contribution in [2.75, 3.05) is 13.7 Å². The van der Waals surface area contributed by atoms with Crippen LogP contribution in [0.25, 0.3) is 10.9 Å². The van der Waals surface area contributed by atoms with Crippen molar-refractivity contribution in [1.82, 2.24) is 9.78 Å². The second-order valence-corrected chi connectivity index (χ2v) is 6.95. The molecule has 0 amide bonds. The molecule has 0 N–H and O–H groups in total. The molecular formula is C18H22N2O6. The van der Waals surface area contributed by atoms with Gasteiger partial charge >= 0.3 is 5.97 Å². The Balaban J connectivity index is 1.66. The summed E-state index contributed by atoms with van der Waals surface area (Å²) >= 11 is 0. The van der Waals surface area contributed by atoms with E-state index in [1.807, 2.05) is 32.0 Å². The van der Waals surface area contributed by atoms with Crippen LogP contribution in [0.15, 0.2) is 24.4 Å². The minimum absolute atomic E-state index is 0.111. The molecule has 140 valence electrons. The molecule has 4 atom stereocenters. The third-order valence-corrected chi connectivity index (χ3v) is 4.62. The second-order valence-electron chi connectivity index (χ2n) is 6.95. The van der Waals surface area contributed by atoms with Crippen molar-refractivity contribution < 1.29 is 28.5 Å². The lowest BCUT2D eigenvalue weighted by atomic mass is 10.1. The van der Waals surface area contributed by atoms with E-state index in [0.717, 1.165) is 16.7 Å². The molecule has 0 aliphatic carbocycles. The number of esters is 1. The van der Waals surface area contributed by atoms with Crippen LogP contribution in [0.5, 0.6) is 5.75 Å². The zero-order valence-electron chi connectivity index (χ0n) is 15.2. The zero-order chi connectivity index (χ0) is 18.5. The van der Waals surface area contributed by atoms with Crippen LogP contribution in [0.2, 0.25) is 0 Å². The first kappa shape index (κ1) is 17.3. The van der Waals surface area contributed by atoms with Gasteiger partial charge in [-0.3, -0.25) is 4.79 Å². The molecule has 0 unspecified atom stereocenters. The first-order chi connectivity index (χ1) is 12.4. The molecule has 4 rings (SSSR count). The van der Waals surface area contributed by atoms with E-state index in [1.54, 1.807) is 18.0 Å². The quantitative estimate of drug-likeness (QED) is 0.770. The van der Waals surface area contributed by atoms with Crippen LogP contribution in [0.3, 0.4) is 0 Å². The fourth-order valence-corrected chi connectivity index (χ4v) is 3.55. The summed E-state index contributed by atoms with van der Waals surface area (Å²) < 4.78 is 30.4. The van der Waals surface area contributed by atoms with E-state index in [2.05, 4.69) is 5.10 Å². The predicted octanol–water partition coefficient (Wildman–Crippen LogP) is 2.03. The minimum atomic E-state index is -0.738. The van der Waals surface area contributed by atoms with E-state index in [0.29, 0.717) is 0 Å². The van der Waals surface area contributed by atoms with E-state index in [-0.39, 0.29) is 24.8 Å². The maximum Gasteiger partial charge on any atom is 0.302 e. The highest BCUT2D eigenvalue weighted by molar-refractivity contribution is 5.80. The number of fused-ring (bicyclic) bond motifs is 2. The number of hydrogen-bond acceptors (Lipinski definition) is 7. The van der Waals surface area contributed by atoms with Crippen LogP contribution in [0.1, 0.15) is 27.0 Å². The Kier molecular flexibility index (Phi) is 4.13. The lowest BCUT2D eigenvalue weighted by molar-refractivity contribution is -0.203. The molecule has 26 heavy (non-hydrogen) atoms. The minimum Gasteiger partial charge on any atom is -0.497 e. The van der Waals surface area contributed by atoms with Crippen molar-refractivity contribution >= 4 is 16.9 Å². The highest BCUT2D eigenvalue weighted by Crippen LogP contribution is 2.43. The summed E-state index contributed by atoms with van der Waals surface area (Å²) in [6.07, 6.45) is 0.167. The predicted molar refractivity (Wildman–Crippen MR) is 90.7 cm³/mol. The summed E-state index contributed by atoms with van der Waals surface area (Å²) in [4.78, 5) is 11.2. The first-order valence-corrected chi connectivity index (χ1v) is 8.54. The van der Waals surface area contributed by atoms with Crippen LogP contribution in [0, 0.1) is 0 Å². The summed E-state index contributed by atoms with van der Waals surface area (Å²) in [7, 11) is 1.63. The number of carbonyl (C=O) groups excluding carboxylic acids is 1. The summed E-state index contributed by atoms with van der Waals surface area (Å²) in [5.41, 5.74) is 0.899. The number of ether oxygens (including phenoxy) is 5. The Labute approximate surface area is 150 Å². The first-order valence-electron chi connectivity index (χ1n) is 8.54. The van der Waals surface area contributed by atoms with Gasteiger partial charge in [0.1, 0.15) is 30.7 Å². The van der Waals surface area contributed by atoms with Crippen molar-refractivity contribution in [2.45, 2.75) is 51.1 Å². The zero-order valence-corrected chi connectivity index (χ0v) is 15.2. The fourth-order valence-electron chi connectivity index (χ4n) is 3.55. The van der Waals surface area contributed by atoms with E-state index < -0.39 is 18.1 Å². The largest absolute Gasteiger partial charge is 0.497 e. The molecule has 2 saturated heterocycles. The molecular weight excluding hydrogens is 340 g/mol. The van der Waals surface area contributed by atoms with Crippen molar-refractivity contribution in [3.8, 4) is 5.75 Å². The van der Waals surface area contributed by atoms with Crippen LogP contribution >= 0.6 is 0 Å². The van der Waals surface area contributed by atoms with Gasteiger partial charge in [0.05, 0.1) is 18.8 Å². The highest BCUT2D eigenvalue weighted by atomic mass is 16.8. The van der Waals surface area contributed by atoms with Crippen molar-refractivity contribution in [3.05, 3.63) is 24.4 Å². The molecule has 0 radical (unpaired) electrons. The van der Waals surface area contributed by atoms with Gasteiger partial charge in [0, 0.05) is 12.3 Å². The molecule has 2 fully saturated rings. The normalized spacial score (nSPS) is 29.7. The lowest BCUT2D eigenvalue weighted by Crippen LogP contribution is -2.33. The highest BCUT2D eigenvalue weighted by Gasteiger charge is 2.56. The molecule has 0 spiro atoms.